The number of fused-ring (bicyclic) bond motifs is 1. The summed E-state index contributed by atoms with van der Waals surface area (Å²) in [6.45, 7) is 0. The molecular formula is C13H8Cl2N2O. The molecule has 0 amide bonds. The molecular weight excluding hydrogens is 271 g/mol. The van der Waals surface area contributed by atoms with Crippen LogP contribution < -0.4 is 5.56 Å². The largest absolute Gasteiger partial charge is 0.290 e. The van der Waals surface area contributed by atoms with Gasteiger partial charge in [0.05, 0.1) is 21.6 Å². The third-order valence-electron chi connectivity index (χ3n) is 2.74. The van der Waals surface area contributed by atoms with Crippen LogP contribution in [0.15, 0.2) is 47.3 Å². The van der Waals surface area contributed by atoms with Crippen LogP contribution in [-0.4, -0.2) is 9.78 Å². The van der Waals surface area contributed by atoms with E-state index in [2.05, 4.69) is 5.10 Å². The lowest BCUT2D eigenvalue weighted by molar-refractivity contribution is 0.864. The van der Waals surface area contributed by atoms with Gasteiger partial charge in [-0.05, 0) is 30.3 Å². The first kappa shape index (κ1) is 11.4. The number of para-hydroxylation sites is 1. The van der Waals surface area contributed by atoms with Crippen molar-refractivity contribution in [3.05, 3.63) is 62.9 Å². The van der Waals surface area contributed by atoms with Crippen LogP contribution in [0.2, 0.25) is 10.0 Å². The Kier molecular flexibility index (Phi) is 2.65. The molecule has 1 N–H and O–H groups in total. The molecule has 90 valence electrons. The zero-order valence-electron chi connectivity index (χ0n) is 9.15. The van der Waals surface area contributed by atoms with Gasteiger partial charge in [-0.1, -0.05) is 35.3 Å². The Bertz CT molecular complexity index is 789. The maximum Gasteiger partial charge on any atom is 0.279 e. The highest BCUT2D eigenvalue weighted by atomic mass is 35.5. The molecule has 0 spiro atoms. The normalized spacial score (nSPS) is 11.0. The zero-order chi connectivity index (χ0) is 12.7. The quantitative estimate of drug-likeness (QED) is 0.725. The molecule has 0 saturated heterocycles. The van der Waals surface area contributed by atoms with E-state index in [-0.39, 0.29) is 5.56 Å². The molecule has 0 fully saturated rings. The number of H-pyrrole nitrogens is 1. The standard InChI is InChI=1S/C13H8Cl2N2O/c14-8-5-6-10(15)12(7-8)17-13(18)9-3-1-2-4-11(9)16-17/h1-7,16H. The van der Waals surface area contributed by atoms with Crippen molar-refractivity contribution in [1.29, 1.82) is 0 Å². The molecule has 0 atom stereocenters. The molecule has 0 saturated carbocycles. The molecule has 0 aliphatic heterocycles. The fourth-order valence-electron chi connectivity index (χ4n) is 1.89. The van der Waals surface area contributed by atoms with Crippen LogP contribution in [0.5, 0.6) is 0 Å². The lowest BCUT2D eigenvalue weighted by atomic mass is 10.2. The van der Waals surface area contributed by atoms with E-state index >= 15 is 0 Å². The third-order valence-corrected chi connectivity index (χ3v) is 3.30. The number of benzene rings is 2. The molecule has 5 heteroatoms. The number of aromatic amines is 1. The average molecular weight is 279 g/mol. The van der Waals surface area contributed by atoms with Gasteiger partial charge in [0.2, 0.25) is 0 Å². The van der Waals surface area contributed by atoms with Gasteiger partial charge in [-0.2, -0.15) is 0 Å². The molecule has 1 aromatic heterocycles. The summed E-state index contributed by atoms with van der Waals surface area (Å²) in [4.78, 5) is 12.2. The Labute approximate surface area is 113 Å². The number of hydrogen-bond donors (Lipinski definition) is 1. The minimum absolute atomic E-state index is 0.144. The summed E-state index contributed by atoms with van der Waals surface area (Å²) in [5.74, 6) is 0. The first-order chi connectivity index (χ1) is 8.66. The average Bonchev–Trinajstić information content (AvgIpc) is 2.71. The molecule has 2 aromatic carbocycles. The van der Waals surface area contributed by atoms with E-state index < -0.39 is 0 Å². The minimum atomic E-state index is -0.144. The van der Waals surface area contributed by atoms with Gasteiger partial charge >= 0.3 is 0 Å². The maximum absolute atomic E-state index is 12.2. The fourth-order valence-corrected chi connectivity index (χ4v) is 2.25. The van der Waals surface area contributed by atoms with Crippen molar-refractivity contribution in [3.63, 3.8) is 0 Å². The van der Waals surface area contributed by atoms with Gasteiger partial charge < -0.3 is 0 Å². The molecule has 0 aliphatic rings. The molecule has 3 rings (SSSR count). The van der Waals surface area contributed by atoms with Crippen LogP contribution in [0.1, 0.15) is 0 Å². The Morgan fingerprint density at radius 1 is 1.06 bits per heavy atom. The molecule has 0 unspecified atom stereocenters. The summed E-state index contributed by atoms with van der Waals surface area (Å²) < 4.78 is 1.40. The van der Waals surface area contributed by atoms with Crippen LogP contribution in [0, 0.1) is 0 Å². The molecule has 18 heavy (non-hydrogen) atoms. The summed E-state index contributed by atoms with van der Waals surface area (Å²) >= 11 is 12.0. The van der Waals surface area contributed by atoms with E-state index in [1.54, 1.807) is 24.3 Å². The van der Waals surface area contributed by atoms with E-state index in [0.29, 0.717) is 21.1 Å². The van der Waals surface area contributed by atoms with Gasteiger partial charge in [-0.25, -0.2) is 4.68 Å². The lowest BCUT2D eigenvalue weighted by Gasteiger charge is -2.04. The molecule has 3 nitrogen and oxygen atoms in total. The lowest BCUT2D eigenvalue weighted by Crippen LogP contribution is -2.14. The van der Waals surface area contributed by atoms with Gasteiger partial charge in [-0.15, -0.1) is 0 Å². The van der Waals surface area contributed by atoms with Crippen molar-refractivity contribution in [1.82, 2.24) is 9.78 Å². The highest BCUT2D eigenvalue weighted by Gasteiger charge is 2.10. The number of nitrogens with one attached hydrogen (secondary N) is 1. The predicted molar refractivity (Wildman–Crippen MR) is 73.9 cm³/mol. The Hall–Kier alpha value is -1.71. The molecule has 1 heterocycles. The smallest absolute Gasteiger partial charge is 0.279 e. The van der Waals surface area contributed by atoms with E-state index in [1.807, 2.05) is 18.2 Å². The van der Waals surface area contributed by atoms with Crippen LogP contribution in [0.4, 0.5) is 0 Å². The summed E-state index contributed by atoms with van der Waals surface area (Å²) in [7, 11) is 0. The zero-order valence-corrected chi connectivity index (χ0v) is 10.7. The fraction of sp³-hybridized carbons (Fsp3) is 0. The van der Waals surface area contributed by atoms with E-state index in [1.165, 1.54) is 4.68 Å². The molecule has 0 radical (unpaired) electrons. The third kappa shape index (κ3) is 1.72. The van der Waals surface area contributed by atoms with Crippen LogP contribution >= 0.6 is 23.2 Å². The van der Waals surface area contributed by atoms with Gasteiger partial charge in [0, 0.05) is 5.02 Å². The van der Waals surface area contributed by atoms with Crippen molar-refractivity contribution in [2.45, 2.75) is 0 Å². The highest BCUT2D eigenvalue weighted by Crippen LogP contribution is 2.23. The molecule has 3 aromatic rings. The summed E-state index contributed by atoms with van der Waals surface area (Å²) in [6, 6.07) is 12.3. The first-order valence-electron chi connectivity index (χ1n) is 5.32. The number of hydrogen-bond acceptors (Lipinski definition) is 1. The van der Waals surface area contributed by atoms with E-state index in [0.717, 1.165) is 5.52 Å². The second kappa shape index (κ2) is 4.19. The van der Waals surface area contributed by atoms with E-state index in [9.17, 15) is 4.79 Å². The maximum atomic E-state index is 12.2. The van der Waals surface area contributed by atoms with Gasteiger partial charge in [-0.3, -0.25) is 9.89 Å². The Morgan fingerprint density at radius 3 is 2.61 bits per heavy atom. The number of aromatic nitrogens is 2. The number of rotatable bonds is 1. The molecule has 0 bridgehead atoms. The van der Waals surface area contributed by atoms with Gasteiger partial charge in [0.15, 0.2) is 0 Å². The monoisotopic (exact) mass is 278 g/mol. The highest BCUT2D eigenvalue weighted by molar-refractivity contribution is 6.34. The van der Waals surface area contributed by atoms with Crippen molar-refractivity contribution in [3.8, 4) is 5.69 Å². The topological polar surface area (TPSA) is 37.8 Å². The van der Waals surface area contributed by atoms with Crippen molar-refractivity contribution in [2.24, 2.45) is 0 Å². The number of nitrogens with zero attached hydrogens (tertiary/aromatic N) is 1. The van der Waals surface area contributed by atoms with Gasteiger partial charge in [0.25, 0.3) is 5.56 Å². The SMILES string of the molecule is O=c1c2ccccc2[nH]n1-c1cc(Cl)ccc1Cl. The summed E-state index contributed by atoms with van der Waals surface area (Å²) in [6.07, 6.45) is 0. The Balaban J connectivity index is 2.35. The molecule has 0 aliphatic carbocycles. The van der Waals surface area contributed by atoms with E-state index in [4.69, 9.17) is 23.2 Å². The van der Waals surface area contributed by atoms with Crippen molar-refractivity contribution in [2.75, 3.05) is 0 Å². The summed E-state index contributed by atoms with van der Waals surface area (Å²) in [5, 5.41) is 4.62. The summed E-state index contributed by atoms with van der Waals surface area (Å²) in [5.41, 5.74) is 1.17. The van der Waals surface area contributed by atoms with Crippen LogP contribution in [0.3, 0.4) is 0 Å². The first-order valence-corrected chi connectivity index (χ1v) is 6.07. The van der Waals surface area contributed by atoms with Crippen molar-refractivity contribution < 1.29 is 0 Å². The second-order valence-corrected chi connectivity index (χ2v) is 4.74. The predicted octanol–water partition coefficient (Wildman–Crippen LogP) is 3.63. The minimum Gasteiger partial charge on any atom is -0.290 e. The van der Waals surface area contributed by atoms with Crippen LogP contribution in [-0.2, 0) is 0 Å². The van der Waals surface area contributed by atoms with Crippen molar-refractivity contribution >= 4 is 34.1 Å². The Morgan fingerprint density at radius 2 is 1.83 bits per heavy atom. The van der Waals surface area contributed by atoms with Crippen LogP contribution in [0.25, 0.3) is 16.6 Å². The second-order valence-electron chi connectivity index (χ2n) is 3.89. The van der Waals surface area contributed by atoms with Gasteiger partial charge in [0.1, 0.15) is 0 Å². The number of halogens is 2.